The van der Waals surface area contributed by atoms with Gasteiger partial charge < -0.3 is 20.1 Å². The van der Waals surface area contributed by atoms with Crippen LogP contribution < -0.4 is 10.1 Å². The molecule has 1 aromatic carbocycles. The molecule has 0 radical (unpaired) electrons. The van der Waals surface area contributed by atoms with Crippen molar-refractivity contribution < 1.29 is 19.4 Å². The Hall–Kier alpha value is -2.97. The number of nitrogens with one attached hydrogen (secondary N) is 1. The lowest BCUT2D eigenvalue weighted by molar-refractivity contribution is -0.117. The predicted molar refractivity (Wildman–Crippen MR) is 130 cm³/mol. The third-order valence-electron chi connectivity index (χ3n) is 6.57. The van der Waals surface area contributed by atoms with Crippen LogP contribution in [-0.4, -0.2) is 70.6 Å². The molecule has 2 N–H and O–H groups in total. The Balaban J connectivity index is 1.58. The number of hydrogen-bond donors (Lipinski definition) is 2. The van der Waals surface area contributed by atoms with Crippen LogP contribution in [0, 0.1) is 11.8 Å². The normalized spacial score (nSPS) is 21.3. The second kappa shape index (κ2) is 10.5. The Labute approximate surface area is 200 Å². The van der Waals surface area contributed by atoms with E-state index in [1.54, 1.807) is 35.5 Å². The Morgan fingerprint density at radius 2 is 2.03 bits per heavy atom. The summed E-state index contributed by atoms with van der Waals surface area (Å²) in [5, 5.41) is 12.7. The van der Waals surface area contributed by atoms with E-state index >= 15 is 0 Å². The molecule has 0 saturated heterocycles. The van der Waals surface area contributed by atoms with Gasteiger partial charge in [-0.1, -0.05) is 6.92 Å². The van der Waals surface area contributed by atoms with E-state index in [1.807, 2.05) is 26.1 Å². The van der Waals surface area contributed by atoms with Gasteiger partial charge in [-0.15, -0.1) is 0 Å². The molecule has 34 heavy (non-hydrogen) atoms. The molecule has 2 aliphatic rings. The Bertz CT molecular complexity index is 1010. The van der Waals surface area contributed by atoms with E-state index in [9.17, 15) is 14.7 Å². The summed E-state index contributed by atoms with van der Waals surface area (Å²) in [6.45, 7) is 5.68. The lowest BCUT2D eigenvalue weighted by Crippen LogP contribution is -2.49. The average molecular weight is 467 g/mol. The maximum Gasteiger partial charge on any atom is 0.258 e. The summed E-state index contributed by atoms with van der Waals surface area (Å²) in [5.74, 6) is 0.401. The van der Waals surface area contributed by atoms with Crippen molar-refractivity contribution in [3.05, 3.63) is 53.9 Å². The maximum atomic E-state index is 13.5. The summed E-state index contributed by atoms with van der Waals surface area (Å²) < 4.78 is 6.43. The van der Waals surface area contributed by atoms with Crippen LogP contribution in [0.2, 0.25) is 0 Å². The largest absolute Gasteiger partial charge is 0.488 e. The molecule has 0 bridgehead atoms. The molecule has 1 aliphatic heterocycles. The third-order valence-corrected chi connectivity index (χ3v) is 6.57. The lowest BCUT2D eigenvalue weighted by Gasteiger charge is -2.38. The monoisotopic (exact) mass is 466 g/mol. The molecule has 8 heteroatoms. The number of benzene rings is 1. The van der Waals surface area contributed by atoms with Gasteiger partial charge in [0.1, 0.15) is 11.9 Å². The fraction of sp³-hybridized carbons (Fsp3) is 0.500. The fourth-order valence-electron chi connectivity index (χ4n) is 4.28. The van der Waals surface area contributed by atoms with E-state index in [4.69, 9.17) is 4.74 Å². The first kappa shape index (κ1) is 24.2. The highest BCUT2D eigenvalue weighted by molar-refractivity contribution is 6.00. The highest BCUT2D eigenvalue weighted by Crippen LogP contribution is 2.33. The minimum atomic E-state index is -0.333. The SMILES string of the molecule is C[C@H]1CN([C@@H](C)CO)C(=O)c2cc(NC(=O)C3CC3)ccc2O[C@@H]1CN(C)Cc1ccncc1. The number of fused-ring (bicyclic) bond motifs is 1. The molecule has 3 atom stereocenters. The zero-order chi connectivity index (χ0) is 24.2. The second-order valence-corrected chi connectivity index (χ2v) is 9.65. The number of amides is 2. The number of pyridine rings is 1. The zero-order valence-electron chi connectivity index (χ0n) is 20.1. The van der Waals surface area contributed by atoms with Crippen molar-refractivity contribution in [3.8, 4) is 5.75 Å². The number of carbonyl (C=O) groups excluding carboxylic acids is 2. The minimum absolute atomic E-state index is 0.0102. The smallest absolute Gasteiger partial charge is 0.258 e. The molecule has 2 aromatic rings. The highest BCUT2D eigenvalue weighted by atomic mass is 16.5. The van der Waals surface area contributed by atoms with Gasteiger partial charge in [-0.05, 0) is 62.7 Å². The third kappa shape index (κ3) is 5.74. The first-order chi connectivity index (χ1) is 16.4. The van der Waals surface area contributed by atoms with Gasteiger partial charge in [-0.3, -0.25) is 19.5 Å². The van der Waals surface area contributed by atoms with E-state index in [0.717, 1.165) is 24.9 Å². The van der Waals surface area contributed by atoms with Crippen LogP contribution in [0.25, 0.3) is 0 Å². The molecule has 182 valence electrons. The topological polar surface area (TPSA) is 95.0 Å². The summed E-state index contributed by atoms with van der Waals surface area (Å²) in [6, 6.07) is 8.91. The van der Waals surface area contributed by atoms with E-state index < -0.39 is 0 Å². The summed E-state index contributed by atoms with van der Waals surface area (Å²) in [7, 11) is 2.05. The van der Waals surface area contributed by atoms with Crippen molar-refractivity contribution in [3.63, 3.8) is 0 Å². The minimum Gasteiger partial charge on any atom is -0.488 e. The molecule has 1 aliphatic carbocycles. The zero-order valence-corrected chi connectivity index (χ0v) is 20.1. The van der Waals surface area contributed by atoms with E-state index in [-0.39, 0.29) is 42.4 Å². The molecule has 8 nitrogen and oxygen atoms in total. The van der Waals surface area contributed by atoms with Crippen molar-refractivity contribution in [1.29, 1.82) is 0 Å². The van der Waals surface area contributed by atoms with Crippen LogP contribution in [-0.2, 0) is 11.3 Å². The lowest BCUT2D eigenvalue weighted by atomic mass is 9.99. The van der Waals surface area contributed by atoms with Crippen molar-refractivity contribution in [2.75, 3.05) is 32.1 Å². The second-order valence-electron chi connectivity index (χ2n) is 9.65. The number of rotatable bonds is 8. The van der Waals surface area contributed by atoms with Crippen LogP contribution in [0.1, 0.15) is 42.6 Å². The van der Waals surface area contributed by atoms with Crippen LogP contribution >= 0.6 is 0 Å². The van der Waals surface area contributed by atoms with E-state index in [0.29, 0.717) is 30.1 Å². The van der Waals surface area contributed by atoms with Crippen molar-refractivity contribution in [2.24, 2.45) is 11.8 Å². The molecule has 1 fully saturated rings. The van der Waals surface area contributed by atoms with Crippen LogP contribution in [0.15, 0.2) is 42.7 Å². The van der Waals surface area contributed by atoms with Crippen LogP contribution in [0.4, 0.5) is 5.69 Å². The fourth-order valence-corrected chi connectivity index (χ4v) is 4.28. The van der Waals surface area contributed by atoms with Gasteiger partial charge in [0.2, 0.25) is 5.91 Å². The number of ether oxygens (including phenoxy) is 1. The predicted octanol–water partition coefficient (Wildman–Crippen LogP) is 2.78. The molecule has 1 saturated carbocycles. The number of aromatic nitrogens is 1. The van der Waals surface area contributed by atoms with Gasteiger partial charge in [-0.2, -0.15) is 0 Å². The number of aliphatic hydroxyl groups is 1. The van der Waals surface area contributed by atoms with E-state index in [1.165, 1.54) is 0 Å². The number of hydrogen-bond acceptors (Lipinski definition) is 6. The molecule has 1 aromatic heterocycles. The number of likely N-dealkylation sites (N-methyl/N-ethyl adjacent to an activating group) is 1. The van der Waals surface area contributed by atoms with Gasteiger partial charge in [0, 0.05) is 49.6 Å². The molecule has 2 amide bonds. The maximum absolute atomic E-state index is 13.5. The number of anilines is 1. The summed E-state index contributed by atoms with van der Waals surface area (Å²) in [4.78, 5) is 33.7. The molecule has 2 heterocycles. The van der Waals surface area contributed by atoms with Crippen LogP contribution in [0.5, 0.6) is 5.75 Å². The van der Waals surface area contributed by atoms with Gasteiger partial charge in [-0.25, -0.2) is 0 Å². The van der Waals surface area contributed by atoms with Crippen molar-refractivity contribution >= 4 is 17.5 Å². The van der Waals surface area contributed by atoms with Crippen molar-refractivity contribution in [2.45, 2.75) is 45.4 Å². The van der Waals surface area contributed by atoms with Gasteiger partial charge in [0.05, 0.1) is 18.2 Å². The van der Waals surface area contributed by atoms with E-state index in [2.05, 4.69) is 22.1 Å². The summed E-state index contributed by atoms with van der Waals surface area (Å²) in [5.41, 5.74) is 2.16. The molecular formula is C26H34N4O4. The first-order valence-corrected chi connectivity index (χ1v) is 12.0. The average Bonchev–Trinajstić information content (AvgIpc) is 3.67. The molecule has 4 rings (SSSR count). The summed E-state index contributed by atoms with van der Waals surface area (Å²) in [6.07, 6.45) is 5.22. The Kier molecular flexibility index (Phi) is 7.48. The molecular weight excluding hydrogens is 432 g/mol. The molecule has 0 spiro atoms. The van der Waals surface area contributed by atoms with Gasteiger partial charge in [0.25, 0.3) is 5.91 Å². The number of carbonyl (C=O) groups is 2. The highest BCUT2D eigenvalue weighted by Gasteiger charge is 2.34. The molecule has 0 unspecified atom stereocenters. The van der Waals surface area contributed by atoms with Crippen LogP contribution in [0.3, 0.4) is 0 Å². The quantitative estimate of drug-likeness (QED) is 0.621. The van der Waals surface area contributed by atoms with Gasteiger partial charge in [0.15, 0.2) is 0 Å². The van der Waals surface area contributed by atoms with Crippen molar-refractivity contribution in [1.82, 2.24) is 14.8 Å². The van der Waals surface area contributed by atoms with Gasteiger partial charge >= 0.3 is 0 Å². The first-order valence-electron chi connectivity index (χ1n) is 12.0. The number of nitrogens with zero attached hydrogens (tertiary/aromatic N) is 3. The Morgan fingerprint density at radius 3 is 2.71 bits per heavy atom. The Morgan fingerprint density at radius 1 is 1.29 bits per heavy atom. The standard InChI is InChI=1S/C26H34N4O4/c1-17-13-30(18(2)16-31)26(33)22-12-21(28-25(32)20-4-5-20)6-7-23(22)34-24(17)15-29(3)14-19-8-10-27-11-9-19/h6-12,17-18,20,24,31H,4-5,13-16H2,1-3H3,(H,28,32)/t17-,18-,24+/m0/s1. The number of aliphatic hydroxyl groups excluding tert-OH is 1. The summed E-state index contributed by atoms with van der Waals surface area (Å²) >= 11 is 0.